The third-order valence-corrected chi connectivity index (χ3v) is 5.30. The summed E-state index contributed by atoms with van der Waals surface area (Å²) in [5, 5.41) is 2.57. The van der Waals surface area contributed by atoms with Crippen LogP contribution in [0.5, 0.6) is 0 Å². The van der Waals surface area contributed by atoms with Gasteiger partial charge in [0.15, 0.2) is 0 Å². The molecule has 1 aromatic carbocycles. The molecule has 1 spiro atoms. The Bertz CT molecular complexity index is 985. The van der Waals surface area contributed by atoms with Crippen LogP contribution in [-0.2, 0) is 27.0 Å². The van der Waals surface area contributed by atoms with Gasteiger partial charge < -0.3 is 19.7 Å². The molecule has 32 heavy (non-hydrogen) atoms. The minimum Gasteiger partial charge on any atom is -0.369 e. The third-order valence-electron chi connectivity index (χ3n) is 5.30. The van der Waals surface area contributed by atoms with Crippen molar-refractivity contribution in [1.82, 2.24) is 15.3 Å². The molecule has 2 saturated heterocycles. The molecule has 0 bridgehead atoms. The average molecular weight is 458 g/mol. The SMILES string of the molecule is O=C(NCc1cc(F)cc(F)c1)C1CC2(CO1)CN(c1cc(C(F)(F)F)ncn1)CCO2. The first kappa shape index (κ1) is 22.3. The fraction of sp³-hybridized carbons (Fsp3) is 0.450. The van der Waals surface area contributed by atoms with E-state index in [0.29, 0.717) is 6.54 Å². The summed E-state index contributed by atoms with van der Waals surface area (Å²) >= 11 is 0. The van der Waals surface area contributed by atoms with Gasteiger partial charge in [0, 0.05) is 31.6 Å². The lowest BCUT2D eigenvalue weighted by Crippen LogP contribution is -2.53. The van der Waals surface area contributed by atoms with Gasteiger partial charge in [-0.3, -0.25) is 4.79 Å². The van der Waals surface area contributed by atoms with Crippen LogP contribution in [0.4, 0.5) is 27.8 Å². The Morgan fingerprint density at radius 3 is 2.66 bits per heavy atom. The lowest BCUT2D eigenvalue weighted by Gasteiger charge is -2.40. The molecule has 0 aliphatic carbocycles. The molecule has 1 aromatic heterocycles. The number of carbonyl (C=O) groups excluding carboxylic acids is 1. The minimum absolute atomic E-state index is 0.0629. The van der Waals surface area contributed by atoms with E-state index in [4.69, 9.17) is 9.47 Å². The van der Waals surface area contributed by atoms with E-state index in [1.165, 1.54) is 0 Å². The molecular weight excluding hydrogens is 439 g/mol. The highest BCUT2D eigenvalue weighted by Crippen LogP contribution is 2.34. The van der Waals surface area contributed by atoms with E-state index in [9.17, 15) is 26.7 Å². The van der Waals surface area contributed by atoms with Gasteiger partial charge in [-0.2, -0.15) is 13.2 Å². The maximum Gasteiger partial charge on any atom is 0.433 e. The van der Waals surface area contributed by atoms with Gasteiger partial charge in [0.25, 0.3) is 0 Å². The monoisotopic (exact) mass is 458 g/mol. The zero-order valence-corrected chi connectivity index (χ0v) is 16.7. The summed E-state index contributed by atoms with van der Waals surface area (Å²) in [7, 11) is 0. The number of anilines is 1. The molecule has 0 saturated carbocycles. The van der Waals surface area contributed by atoms with E-state index in [-0.39, 0.29) is 44.1 Å². The maximum absolute atomic E-state index is 13.3. The summed E-state index contributed by atoms with van der Waals surface area (Å²) in [6.45, 7) is 0.686. The van der Waals surface area contributed by atoms with Gasteiger partial charge in [-0.15, -0.1) is 0 Å². The standard InChI is InChI=1S/C20H19F5N4O3/c21-13-3-12(4-14(22)5-13)8-26-18(30)15-7-19(10-31-15)9-29(1-2-32-19)17-6-16(20(23,24)25)27-11-28-17/h3-6,11,15H,1-2,7-10H2,(H,26,30). The first-order valence-electron chi connectivity index (χ1n) is 9.76. The fourth-order valence-electron chi connectivity index (χ4n) is 3.82. The molecule has 4 rings (SSSR count). The van der Waals surface area contributed by atoms with Crippen molar-refractivity contribution in [3.63, 3.8) is 0 Å². The van der Waals surface area contributed by atoms with Gasteiger partial charge in [0.2, 0.25) is 5.91 Å². The third kappa shape index (κ3) is 4.96. The number of morpholine rings is 1. The van der Waals surface area contributed by atoms with E-state index in [1.54, 1.807) is 4.90 Å². The molecule has 2 fully saturated rings. The maximum atomic E-state index is 13.3. The number of alkyl halides is 3. The molecule has 2 aromatic rings. The van der Waals surface area contributed by atoms with Gasteiger partial charge in [0.05, 0.1) is 19.8 Å². The number of amides is 1. The molecule has 2 atom stereocenters. The summed E-state index contributed by atoms with van der Waals surface area (Å²) < 4.78 is 76.9. The van der Waals surface area contributed by atoms with Crippen LogP contribution in [0.15, 0.2) is 30.6 Å². The number of hydrogen-bond donors (Lipinski definition) is 1. The lowest BCUT2D eigenvalue weighted by atomic mass is 9.97. The predicted molar refractivity (Wildman–Crippen MR) is 100 cm³/mol. The van der Waals surface area contributed by atoms with Crippen molar-refractivity contribution in [1.29, 1.82) is 0 Å². The van der Waals surface area contributed by atoms with Crippen molar-refractivity contribution in [2.75, 3.05) is 31.2 Å². The number of hydrogen-bond acceptors (Lipinski definition) is 6. The molecule has 2 unspecified atom stereocenters. The minimum atomic E-state index is -4.59. The Kier molecular flexibility index (Phi) is 5.99. The number of nitrogens with zero attached hydrogens (tertiary/aromatic N) is 3. The van der Waals surface area contributed by atoms with E-state index in [2.05, 4.69) is 15.3 Å². The van der Waals surface area contributed by atoms with Crippen molar-refractivity contribution in [2.45, 2.75) is 30.8 Å². The highest BCUT2D eigenvalue weighted by molar-refractivity contribution is 5.81. The fourth-order valence-corrected chi connectivity index (χ4v) is 3.82. The molecule has 0 radical (unpaired) electrons. The summed E-state index contributed by atoms with van der Waals surface area (Å²) in [6, 6.07) is 3.83. The predicted octanol–water partition coefficient (Wildman–Crippen LogP) is 2.45. The Morgan fingerprint density at radius 1 is 1.19 bits per heavy atom. The highest BCUT2D eigenvalue weighted by atomic mass is 19.4. The van der Waals surface area contributed by atoms with E-state index in [0.717, 1.165) is 30.6 Å². The van der Waals surface area contributed by atoms with E-state index < -0.39 is 41.1 Å². The van der Waals surface area contributed by atoms with Crippen molar-refractivity contribution in [3.8, 4) is 0 Å². The number of aromatic nitrogens is 2. The van der Waals surface area contributed by atoms with Gasteiger partial charge in [0.1, 0.15) is 41.2 Å². The van der Waals surface area contributed by atoms with Crippen LogP contribution in [0.3, 0.4) is 0 Å². The van der Waals surface area contributed by atoms with Crippen LogP contribution in [-0.4, -0.2) is 53.9 Å². The van der Waals surface area contributed by atoms with E-state index >= 15 is 0 Å². The zero-order valence-electron chi connectivity index (χ0n) is 16.7. The number of ether oxygens (including phenoxy) is 2. The highest BCUT2D eigenvalue weighted by Gasteiger charge is 2.47. The smallest absolute Gasteiger partial charge is 0.369 e. The van der Waals surface area contributed by atoms with Crippen LogP contribution in [0.2, 0.25) is 0 Å². The Balaban J connectivity index is 1.38. The van der Waals surface area contributed by atoms with Gasteiger partial charge in [-0.1, -0.05) is 0 Å². The Labute approximate surface area is 179 Å². The van der Waals surface area contributed by atoms with Crippen molar-refractivity contribution in [2.24, 2.45) is 0 Å². The topological polar surface area (TPSA) is 76.6 Å². The van der Waals surface area contributed by atoms with Crippen molar-refractivity contribution in [3.05, 3.63) is 53.5 Å². The number of carbonyl (C=O) groups is 1. The molecule has 2 aliphatic rings. The van der Waals surface area contributed by atoms with Gasteiger partial charge in [-0.05, 0) is 17.7 Å². The lowest BCUT2D eigenvalue weighted by molar-refractivity contribution is -0.141. The first-order valence-corrected chi connectivity index (χ1v) is 9.76. The van der Waals surface area contributed by atoms with Crippen LogP contribution < -0.4 is 10.2 Å². The van der Waals surface area contributed by atoms with Gasteiger partial charge in [-0.25, -0.2) is 18.7 Å². The summed E-state index contributed by atoms with van der Waals surface area (Å²) in [6.07, 6.45) is -4.43. The number of halogens is 5. The molecule has 12 heteroatoms. The number of nitrogens with one attached hydrogen (secondary N) is 1. The van der Waals surface area contributed by atoms with Crippen LogP contribution in [0.25, 0.3) is 0 Å². The normalized spacial score (nSPS) is 23.5. The molecule has 1 amide bonds. The summed E-state index contributed by atoms with van der Waals surface area (Å²) in [5.41, 5.74) is -1.68. The summed E-state index contributed by atoms with van der Waals surface area (Å²) in [5.74, 6) is -1.87. The first-order chi connectivity index (χ1) is 15.1. The number of rotatable bonds is 4. The van der Waals surface area contributed by atoms with Crippen LogP contribution in [0, 0.1) is 11.6 Å². The number of benzene rings is 1. The Morgan fingerprint density at radius 2 is 1.94 bits per heavy atom. The second kappa shape index (κ2) is 8.58. The van der Waals surface area contributed by atoms with E-state index in [1.807, 2.05) is 0 Å². The largest absolute Gasteiger partial charge is 0.433 e. The second-order valence-corrected chi connectivity index (χ2v) is 7.71. The Hall–Kier alpha value is -2.86. The van der Waals surface area contributed by atoms with Crippen molar-refractivity contribution >= 4 is 11.7 Å². The van der Waals surface area contributed by atoms with Crippen LogP contribution >= 0.6 is 0 Å². The molecule has 172 valence electrons. The molecular formula is C20H19F5N4O3. The summed E-state index contributed by atoms with van der Waals surface area (Å²) in [4.78, 5) is 21.3. The van der Waals surface area contributed by atoms with Gasteiger partial charge >= 0.3 is 6.18 Å². The molecule has 7 nitrogen and oxygen atoms in total. The second-order valence-electron chi connectivity index (χ2n) is 7.71. The quantitative estimate of drug-likeness (QED) is 0.710. The van der Waals surface area contributed by atoms with Crippen LogP contribution in [0.1, 0.15) is 17.7 Å². The zero-order chi connectivity index (χ0) is 22.9. The van der Waals surface area contributed by atoms with Crippen molar-refractivity contribution < 1.29 is 36.2 Å². The average Bonchev–Trinajstić information content (AvgIpc) is 3.14. The molecule has 1 N–H and O–H groups in total. The molecule has 2 aliphatic heterocycles. The molecule has 3 heterocycles.